The van der Waals surface area contributed by atoms with Gasteiger partial charge >= 0.3 is 0 Å². The molecular weight excluding hydrogens is 372 g/mol. The van der Waals surface area contributed by atoms with E-state index in [4.69, 9.17) is 0 Å². The van der Waals surface area contributed by atoms with E-state index in [1.807, 2.05) is 22.9 Å². The van der Waals surface area contributed by atoms with Crippen LogP contribution in [0.2, 0.25) is 0 Å². The summed E-state index contributed by atoms with van der Waals surface area (Å²) in [7, 11) is 0. The molecule has 2 heterocycles. The van der Waals surface area contributed by atoms with Crippen LogP contribution in [0.3, 0.4) is 0 Å². The molecule has 1 amide bonds. The molecule has 0 atom stereocenters. The molecule has 7 rings (SSSR count). The average molecular weight is 401 g/mol. The standard InChI is InChI=1S/C25H28N4O/c1-16-4-2-5-21-22(16)20(14-29(21)24-26-6-3-7-27-24)23(30)28-15-25-11-17-8-18(12-25)10-19(9-17)13-25/h2-7,14,17-19H,8-13,15H2,1H3,(H,28,30). The van der Waals surface area contributed by atoms with Crippen molar-refractivity contribution in [2.24, 2.45) is 23.2 Å². The molecule has 3 aromatic rings. The lowest BCUT2D eigenvalue weighted by Crippen LogP contribution is -2.51. The zero-order valence-corrected chi connectivity index (χ0v) is 17.5. The average Bonchev–Trinajstić information content (AvgIpc) is 3.13. The number of hydrogen-bond acceptors (Lipinski definition) is 3. The van der Waals surface area contributed by atoms with Crippen LogP contribution in [0.15, 0.2) is 42.9 Å². The number of rotatable bonds is 4. The van der Waals surface area contributed by atoms with Crippen LogP contribution in [0.5, 0.6) is 0 Å². The normalized spacial score (nSPS) is 29.4. The van der Waals surface area contributed by atoms with Gasteiger partial charge in [-0.25, -0.2) is 9.97 Å². The Kier molecular flexibility index (Phi) is 4.02. The highest BCUT2D eigenvalue weighted by atomic mass is 16.1. The zero-order chi connectivity index (χ0) is 20.3. The molecule has 2 aromatic heterocycles. The smallest absolute Gasteiger partial charge is 0.253 e. The second kappa shape index (κ2) is 6.66. The van der Waals surface area contributed by atoms with Crippen molar-refractivity contribution in [3.63, 3.8) is 0 Å². The molecule has 5 nitrogen and oxygen atoms in total. The van der Waals surface area contributed by atoms with Crippen molar-refractivity contribution in [3.8, 4) is 5.95 Å². The fourth-order valence-corrected chi connectivity index (χ4v) is 7.09. The lowest BCUT2D eigenvalue weighted by molar-refractivity contribution is -0.0503. The molecule has 4 aliphatic carbocycles. The molecule has 0 aliphatic heterocycles. The number of hydrogen-bond donors (Lipinski definition) is 1. The van der Waals surface area contributed by atoms with Gasteiger partial charge in [0.15, 0.2) is 0 Å². The Bertz CT molecular complexity index is 1080. The minimum atomic E-state index is 0.0275. The lowest BCUT2D eigenvalue weighted by Gasteiger charge is -2.56. The maximum absolute atomic E-state index is 13.4. The Labute approximate surface area is 176 Å². The Morgan fingerprint density at radius 2 is 1.73 bits per heavy atom. The summed E-state index contributed by atoms with van der Waals surface area (Å²) in [6.45, 7) is 2.88. The molecule has 4 fully saturated rings. The van der Waals surface area contributed by atoms with Crippen molar-refractivity contribution in [1.29, 1.82) is 0 Å². The van der Waals surface area contributed by atoms with Gasteiger partial charge in [-0.2, -0.15) is 0 Å². The zero-order valence-electron chi connectivity index (χ0n) is 17.5. The van der Waals surface area contributed by atoms with Gasteiger partial charge in [0.2, 0.25) is 5.95 Å². The first kappa shape index (κ1) is 18.1. The number of amides is 1. The molecule has 4 aliphatic rings. The second-order valence-corrected chi connectivity index (χ2v) is 10.0. The number of carbonyl (C=O) groups is 1. The number of nitrogens with zero attached hydrogens (tertiary/aromatic N) is 3. The third kappa shape index (κ3) is 2.86. The van der Waals surface area contributed by atoms with Crippen LogP contribution < -0.4 is 5.32 Å². The van der Waals surface area contributed by atoms with Crippen LogP contribution in [0, 0.1) is 30.1 Å². The Morgan fingerprint density at radius 3 is 2.40 bits per heavy atom. The Morgan fingerprint density at radius 1 is 1.07 bits per heavy atom. The van der Waals surface area contributed by atoms with Crippen LogP contribution in [0.1, 0.15) is 54.4 Å². The van der Waals surface area contributed by atoms with Gasteiger partial charge < -0.3 is 5.32 Å². The minimum absolute atomic E-state index is 0.0275. The fourth-order valence-electron chi connectivity index (χ4n) is 7.09. The van der Waals surface area contributed by atoms with Crippen molar-refractivity contribution < 1.29 is 4.79 Å². The van der Waals surface area contributed by atoms with Gasteiger partial charge in [-0.3, -0.25) is 9.36 Å². The van der Waals surface area contributed by atoms with Gasteiger partial charge in [-0.15, -0.1) is 0 Å². The summed E-state index contributed by atoms with van der Waals surface area (Å²) in [4.78, 5) is 22.2. The van der Waals surface area contributed by atoms with Crippen molar-refractivity contribution in [1.82, 2.24) is 19.9 Å². The van der Waals surface area contributed by atoms with E-state index in [9.17, 15) is 4.79 Å². The van der Waals surface area contributed by atoms with Gasteiger partial charge in [-0.05, 0) is 86.3 Å². The molecule has 4 saturated carbocycles. The van der Waals surface area contributed by atoms with Crippen LogP contribution in [0.4, 0.5) is 0 Å². The van der Waals surface area contributed by atoms with Crippen LogP contribution >= 0.6 is 0 Å². The Hall–Kier alpha value is -2.69. The second-order valence-electron chi connectivity index (χ2n) is 10.0. The number of aryl methyl sites for hydroxylation is 1. The minimum Gasteiger partial charge on any atom is -0.351 e. The van der Waals surface area contributed by atoms with Crippen LogP contribution in [-0.4, -0.2) is 27.0 Å². The van der Waals surface area contributed by atoms with Crippen molar-refractivity contribution >= 4 is 16.8 Å². The van der Waals surface area contributed by atoms with E-state index in [2.05, 4.69) is 28.3 Å². The van der Waals surface area contributed by atoms with Gasteiger partial charge in [0.25, 0.3) is 5.91 Å². The number of benzene rings is 1. The number of fused-ring (bicyclic) bond motifs is 1. The van der Waals surface area contributed by atoms with E-state index in [-0.39, 0.29) is 5.91 Å². The van der Waals surface area contributed by atoms with Crippen molar-refractivity contribution in [3.05, 3.63) is 54.0 Å². The monoisotopic (exact) mass is 400 g/mol. The summed E-state index contributed by atoms with van der Waals surface area (Å²) < 4.78 is 1.93. The van der Waals surface area contributed by atoms with Crippen molar-refractivity contribution in [2.45, 2.75) is 45.4 Å². The highest BCUT2D eigenvalue weighted by Gasteiger charge is 2.50. The van der Waals surface area contributed by atoms with E-state index < -0.39 is 0 Å². The van der Waals surface area contributed by atoms with Crippen LogP contribution in [0.25, 0.3) is 16.9 Å². The first-order valence-corrected chi connectivity index (χ1v) is 11.3. The van der Waals surface area contributed by atoms with E-state index in [1.54, 1.807) is 18.5 Å². The summed E-state index contributed by atoms with van der Waals surface area (Å²) in [5, 5.41) is 4.34. The number of carbonyl (C=O) groups excluding carboxylic acids is 1. The summed E-state index contributed by atoms with van der Waals surface area (Å²) in [6, 6.07) is 7.93. The van der Waals surface area contributed by atoms with Gasteiger partial charge in [-0.1, -0.05) is 12.1 Å². The first-order chi connectivity index (χ1) is 14.6. The summed E-state index contributed by atoms with van der Waals surface area (Å²) in [5.74, 6) is 3.31. The number of aromatic nitrogens is 3. The van der Waals surface area contributed by atoms with Gasteiger partial charge in [0.05, 0.1) is 11.1 Å². The fraction of sp³-hybridized carbons (Fsp3) is 0.480. The van der Waals surface area contributed by atoms with Gasteiger partial charge in [0, 0.05) is 30.5 Å². The molecule has 4 bridgehead atoms. The Balaban J connectivity index is 1.31. The maximum atomic E-state index is 13.4. The number of nitrogens with one attached hydrogen (secondary N) is 1. The molecule has 0 spiro atoms. The molecule has 30 heavy (non-hydrogen) atoms. The van der Waals surface area contributed by atoms with E-state index in [0.717, 1.165) is 46.3 Å². The quantitative estimate of drug-likeness (QED) is 0.692. The third-order valence-corrected chi connectivity index (χ3v) is 7.84. The summed E-state index contributed by atoms with van der Waals surface area (Å²) in [5.41, 5.74) is 3.13. The molecule has 5 heteroatoms. The van der Waals surface area contributed by atoms with Crippen molar-refractivity contribution in [2.75, 3.05) is 6.54 Å². The third-order valence-electron chi connectivity index (χ3n) is 7.84. The highest BCUT2D eigenvalue weighted by molar-refractivity contribution is 6.08. The topological polar surface area (TPSA) is 59.8 Å². The molecule has 1 N–H and O–H groups in total. The molecule has 0 unspecified atom stereocenters. The largest absolute Gasteiger partial charge is 0.351 e. The molecule has 0 radical (unpaired) electrons. The first-order valence-electron chi connectivity index (χ1n) is 11.3. The molecule has 0 saturated heterocycles. The SMILES string of the molecule is Cc1cccc2c1c(C(=O)NCC13CC4CC(CC(C4)C1)C3)cn2-c1ncccn1. The molecular formula is C25H28N4O. The summed E-state index contributed by atoms with van der Waals surface area (Å²) in [6.07, 6.45) is 13.6. The van der Waals surface area contributed by atoms with E-state index >= 15 is 0 Å². The van der Waals surface area contributed by atoms with Crippen LogP contribution in [-0.2, 0) is 0 Å². The van der Waals surface area contributed by atoms with E-state index in [1.165, 1.54) is 38.5 Å². The van der Waals surface area contributed by atoms with E-state index in [0.29, 0.717) is 11.4 Å². The van der Waals surface area contributed by atoms with Gasteiger partial charge in [0.1, 0.15) is 0 Å². The molecule has 1 aromatic carbocycles. The highest BCUT2D eigenvalue weighted by Crippen LogP contribution is 2.59. The maximum Gasteiger partial charge on any atom is 0.253 e. The predicted octanol–water partition coefficient (Wildman–Crippen LogP) is 4.68. The summed E-state index contributed by atoms with van der Waals surface area (Å²) >= 11 is 0. The lowest BCUT2D eigenvalue weighted by atomic mass is 9.49. The predicted molar refractivity (Wildman–Crippen MR) is 117 cm³/mol. The molecule has 154 valence electrons.